The molecule has 0 spiro atoms. The highest BCUT2D eigenvalue weighted by molar-refractivity contribution is 5.98. The number of ether oxygens (including phenoxy) is 1. The molecule has 0 bridgehead atoms. The molecule has 10 heteroatoms. The molecule has 0 fully saturated rings. The van der Waals surface area contributed by atoms with Gasteiger partial charge in [-0.25, -0.2) is 14.6 Å². The Bertz CT molecular complexity index is 449. The van der Waals surface area contributed by atoms with Gasteiger partial charge in [0.1, 0.15) is 6.61 Å². The molecule has 0 atom stereocenters. The van der Waals surface area contributed by atoms with Crippen LogP contribution in [0.3, 0.4) is 0 Å². The van der Waals surface area contributed by atoms with E-state index in [-0.39, 0.29) is 12.3 Å². The lowest BCUT2D eigenvalue weighted by molar-refractivity contribution is -0.173. The molecule has 0 saturated carbocycles. The number of carboxylic acid groups (broad SMARTS) is 2. The summed E-state index contributed by atoms with van der Waals surface area (Å²) in [4.78, 5) is 24.6. The summed E-state index contributed by atoms with van der Waals surface area (Å²) in [6, 6.07) is 0. The second kappa shape index (κ2) is 5.69. The van der Waals surface area contributed by atoms with Gasteiger partial charge in [0.15, 0.2) is 5.89 Å². The molecule has 2 N–H and O–H groups in total. The number of rotatable bonds is 6. The van der Waals surface area contributed by atoms with Crippen molar-refractivity contribution < 1.29 is 42.1 Å². The first-order valence-corrected chi connectivity index (χ1v) is 4.81. The van der Waals surface area contributed by atoms with Crippen molar-refractivity contribution in [3.8, 4) is 0 Å². The molecule has 0 radical (unpaired) electrons. The zero-order valence-electron chi connectivity index (χ0n) is 9.23. The SMILES string of the molecule is O=C(O)c1nc(CCOCC(F)(F)F)oc1C(=O)O. The van der Waals surface area contributed by atoms with Crippen molar-refractivity contribution in [3.63, 3.8) is 0 Å². The summed E-state index contributed by atoms with van der Waals surface area (Å²) in [5.41, 5.74) is -0.807. The molecule has 1 aromatic heterocycles. The quantitative estimate of drug-likeness (QED) is 0.754. The van der Waals surface area contributed by atoms with Crippen molar-refractivity contribution in [2.45, 2.75) is 12.6 Å². The Morgan fingerprint density at radius 3 is 2.32 bits per heavy atom. The summed E-state index contributed by atoms with van der Waals surface area (Å²) in [6.07, 6.45) is -4.75. The number of nitrogens with zero attached hydrogens (tertiary/aromatic N) is 1. The molecule has 0 aliphatic carbocycles. The van der Waals surface area contributed by atoms with Crippen molar-refractivity contribution in [1.82, 2.24) is 4.98 Å². The summed E-state index contributed by atoms with van der Waals surface area (Å²) in [5, 5.41) is 17.3. The number of oxazole rings is 1. The predicted octanol–water partition coefficient (Wildman–Crippen LogP) is 1.19. The lowest BCUT2D eigenvalue weighted by Crippen LogP contribution is -2.18. The van der Waals surface area contributed by atoms with Crippen LogP contribution in [-0.2, 0) is 11.2 Å². The fourth-order valence-electron chi connectivity index (χ4n) is 1.11. The highest BCUT2D eigenvalue weighted by Crippen LogP contribution is 2.15. The largest absolute Gasteiger partial charge is 0.476 e. The van der Waals surface area contributed by atoms with Crippen LogP contribution < -0.4 is 0 Å². The van der Waals surface area contributed by atoms with Crippen LogP contribution >= 0.6 is 0 Å². The average molecular weight is 283 g/mol. The maximum absolute atomic E-state index is 11.7. The van der Waals surface area contributed by atoms with E-state index >= 15 is 0 Å². The lowest BCUT2D eigenvalue weighted by Gasteiger charge is -2.05. The molecule has 106 valence electrons. The van der Waals surface area contributed by atoms with Gasteiger partial charge >= 0.3 is 18.1 Å². The number of alkyl halides is 3. The van der Waals surface area contributed by atoms with E-state index in [1.165, 1.54) is 0 Å². The standard InChI is InChI=1S/C9H8F3NO6/c10-9(11,12)3-18-2-1-4-13-5(7(14)15)6(19-4)8(16)17/h1-3H2,(H,14,15)(H,16,17). The maximum atomic E-state index is 11.7. The molecule has 0 saturated heterocycles. The second-order valence-electron chi connectivity index (χ2n) is 3.31. The number of hydrogen-bond donors (Lipinski definition) is 2. The number of carbonyl (C=O) groups is 2. The Kier molecular flexibility index (Phi) is 4.48. The Balaban J connectivity index is 2.63. The van der Waals surface area contributed by atoms with Crippen LogP contribution in [0.1, 0.15) is 26.9 Å². The first kappa shape index (κ1) is 15.0. The van der Waals surface area contributed by atoms with Gasteiger partial charge in [-0.3, -0.25) is 0 Å². The van der Waals surface area contributed by atoms with Crippen LogP contribution in [0, 0.1) is 0 Å². The zero-order valence-corrected chi connectivity index (χ0v) is 9.23. The summed E-state index contributed by atoms with van der Waals surface area (Å²) in [7, 11) is 0. The van der Waals surface area contributed by atoms with Gasteiger partial charge in [-0.1, -0.05) is 0 Å². The molecular weight excluding hydrogens is 275 g/mol. The molecule has 1 rings (SSSR count). The second-order valence-corrected chi connectivity index (χ2v) is 3.31. The molecule has 0 unspecified atom stereocenters. The minimum atomic E-state index is -4.48. The van der Waals surface area contributed by atoms with Crippen LogP contribution in [0.2, 0.25) is 0 Å². The average Bonchev–Trinajstić information content (AvgIpc) is 2.67. The van der Waals surface area contributed by atoms with Crippen molar-refractivity contribution >= 4 is 11.9 Å². The Labute approximate surface area is 103 Å². The van der Waals surface area contributed by atoms with E-state index in [9.17, 15) is 22.8 Å². The Morgan fingerprint density at radius 2 is 1.89 bits per heavy atom. The monoisotopic (exact) mass is 283 g/mol. The van der Waals surface area contributed by atoms with Crippen LogP contribution in [-0.4, -0.2) is 46.5 Å². The Hall–Kier alpha value is -2.10. The van der Waals surface area contributed by atoms with E-state index in [1.54, 1.807) is 0 Å². The number of carboxylic acids is 2. The third-order valence-electron chi connectivity index (χ3n) is 1.79. The molecule has 1 heterocycles. The van der Waals surface area contributed by atoms with Crippen molar-refractivity contribution in [2.75, 3.05) is 13.2 Å². The van der Waals surface area contributed by atoms with Gasteiger partial charge < -0.3 is 19.4 Å². The Morgan fingerprint density at radius 1 is 1.26 bits per heavy atom. The van der Waals surface area contributed by atoms with Crippen molar-refractivity contribution in [3.05, 3.63) is 17.3 Å². The van der Waals surface area contributed by atoms with E-state index < -0.39 is 42.8 Å². The highest BCUT2D eigenvalue weighted by atomic mass is 19.4. The fraction of sp³-hybridized carbons (Fsp3) is 0.444. The van der Waals surface area contributed by atoms with Gasteiger partial charge in [-0.2, -0.15) is 13.2 Å². The summed E-state index contributed by atoms with van der Waals surface area (Å²) in [6.45, 7) is -1.90. The molecule has 0 aliphatic rings. The van der Waals surface area contributed by atoms with Gasteiger partial charge in [0, 0.05) is 6.42 Å². The molecule has 0 aliphatic heterocycles. The van der Waals surface area contributed by atoms with Crippen LogP contribution in [0.5, 0.6) is 0 Å². The number of halogens is 3. The van der Waals surface area contributed by atoms with E-state index in [1.807, 2.05) is 0 Å². The highest BCUT2D eigenvalue weighted by Gasteiger charge is 2.28. The van der Waals surface area contributed by atoms with Gasteiger partial charge in [0.05, 0.1) is 6.61 Å². The maximum Gasteiger partial charge on any atom is 0.411 e. The van der Waals surface area contributed by atoms with Gasteiger partial charge in [-0.05, 0) is 0 Å². The number of hydrogen-bond acceptors (Lipinski definition) is 5. The van der Waals surface area contributed by atoms with Crippen LogP contribution in [0.25, 0.3) is 0 Å². The van der Waals surface area contributed by atoms with Crippen LogP contribution in [0.15, 0.2) is 4.42 Å². The van der Waals surface area contributed by atoms with Crippen molar-refractivity contribution in [1.29, 1.82) is 0 Å². The molecule has 0 amide bonds. The topological polar surface area (TPSA) is 110 Å². The van der Waals surface area contributed by atoms with E-state index in [4.69, 9.17) is 10.2 Å². The first-order valence-electron chi connectivity index (χ1n) is 4.81. The normalized spacial score (nSPS) is 11.5. The summed E-state index contributed by atoms with van der Waals surface area (Å²) in [5.74, 6) is -4.44. The lowest BCUT2D eigenvalue weighted by atomic mass is 10.3. The number of aromatic nitrogens is 1. The third kappa shape index (κ3) is 4.58. The smallest absolute Gasteiger partial charge is 0.411 e. The first-order chi connectivity index (χ1) is 8.70. The predicted molar refractivity (Wildman–Crippen MR) is 51.0 cm³/mol. The number of aromatic carboxylic acids is 2. The molecule has 7 nitrogen and oxygen atoms in total. The molecule has 19 heavy (non-hydrogen) atoms. The zero-order chi connectivity index (χ0) is 14.6. The summed E-state index contributed by atoms with van der Waals surface area (Å²) >= 11 is 0. The third-order valence-corrected chi connectivity index (χ3v) is 1.79. The van der Waals surface area contributed by atoms with E-state index in [0.717, 1.165) is 0 Å². The summed E-state index contributed by atoms with van der Waals surface area (Å²) < 4.78 is 44.1. The van der Waals surface area contributed by atoms with Gasteiger partial charge in [0.2, 0.25) is 11.5 Å². The van der Waals surface area contributed by atoms with Gasteiger partial charge in [-0.15, -0.1) is 0 Å². The fourth-order valence-corrected chi connectivity index (χ4v) is 1.11. The van der Waals surface area contributed by atoms with E-state index in [2.05, 4.69) is 14.1 Å². The minimum absolute atomic E-state index is 0.274. The molecule has 0 aromatic carbocycles. The van der Waals surface area contributed by atoms with E-state index in [0.29, 0.717) is 0 Å². The van der Waals surface area contributed by atoms with Crippen molar-refractivity contribution in [2.24, 2.45) is 0 Å². The van der Waals surface area contributed by atoms with Gasteiger partial charge in [0.25, 0.3) is 0 Å². The minimum Gasteiger partial charge on any atom is -0.476 e. The molecular formula is C9H8F3NO6. The van der Waals surface area contributed by atoms with Crippen LogP contribution in [0.4, 0.5) is 13.2 Å². The molecule has 1 aromatic rings.